The highest BCUT2D eigenvalue weighted by Crippen LogP contribution is 2.27. The van der Waals surface area contributed by atoms with Crippen molar-refractivity contribution in [3.63, 3.8) is 0 Å². The van der Waals surface area contributed by atoms with E-state index in [1.165, 1.54) is 0 Å². The van der Waals surface area contributed by atoms with E-state index >= 15 is 0 Å². The number of nitrogens with zero attached hydrogens (tertiary/aromatic N) is 3. The summed E-state index contributed by atoms with van der Waals surface area (Å²) in [4.78, 5) is 6.95. The molecule has 0 aliphatic heterocycles. The molecule has 2 N–H and O–H groups in total. The van der Waals surface area contributed by atoms with Crippen LogP contribution in [0.5, 0.6) is 0 Å². The summed E-state index contributed by atoms with van der Waals surface area (Å²) in [5.41, 5.74) is 9.91. The average molecular weight is 280 g/mol. The first kappa shape index (κ1) is 13.6. The highest BCUT2D eigenvalue weighted by molar-refractivity contribution is 5.90. The fraction of sp³-hybridized carbons (Fsp3) is 0.235. The lowest BCUT2D eigenvalue weighted by Crippen LogP contribution is -2.18. The summed E-state index contributed by atoms with van der Waals surface area (Å²) >= 11 is 0. The van der Waals surface area contributed by atoms with Gasteiger partial charge in [0.15, 0.2) is 0 Å². The third-order valence-electron chi connectivity index (χ3n) is 3.61. The number of nitrogens with two attached hydrogens (primary N) is 1. The van der Waals surface area contributed by atoms with Crippen molar-refractivity contribution in [2.75, 3.05) is 26.4 Å². The molecule has 1 aromatic heterocycles. The highest BCUT2D eigenvalue weighted by Gasteiger charge is 2.13. The number of imidazole rings is 1. The molecular formula is C17H20N4. The molecule has 4 nitrogen and oxygen atoms in total. The van der Waals surface area contributed by atoms with Gasteiger partial charge >= 0.3 is 0 Å². The second kappa shape index (κ2) is 5.58. The summed E-state index contributed by atoms with van der Waals surface area (Å²) in [6, 6.07) is 16.2. The summed E-state index contributed by atoms with van der Waals surface area (Å²) in [6.07, 6.45) is 0. The lowest BCUT2D eigenvalue weighted by molar-refractivity contribution is 0.387. The van der Waals surface area contributed by atoms with Crippen LogP contribution in [-0.4, -0.2) is 35.1 Å². The van der Waals surface area contributed by atoms with Crippen molar-refractivity contribution in [1.29, 1.82) is 0 Å². The molecule has 0 aliphatic carbocycles. The van der Waals surface area contributed by atoms with E-state index in [4.69, 9.17) is 10.7 Å². The lowest BCUT2D eigenvalue weighted by atomic mass is 10.2. The van der Waals surface area contributed by atoms with Crippen molar-refractivity contribution >= 4 is 16.7 Å². The molecule has 2 aromatic carbocycles. The zero-order chi connectivity index (χ0) is 14.8. The van der Waals surface area contributed by atoms with Crippen molar-refractivity contribution in [2.24, 2.45) is 0 Å². The van der Waals surface area contributed by atoms with Crippen molar-refractivity contribution in [2.45, 2.75) is 6.54 Å². The van der Waals surface area contributed by atoms with Crippen LogP contribution in [0.15, 0.2) is 48.5 Å². The molecule has 0 bridgehead atoms. The molecule has 0 unspecified atom stereocenters. The van der Waals surface area contributed by atoms with Gasteiger partial charge in [-0.15, -0.1) is 0 Å². The molecule has 0 amide bonds. The van der Waals surface area contributed by atoms with E-state index in [0.717, 1.165) is 41.2 Å². The number of para-hydroxylation sites is 1. The highest BCUT2D eigenvalue weighted by atomic mass is 15.1. The van der Waals surface area contributed by atoms with Crippen LogP contribution in [0.2, 0.25) is 0 Å². The Morgan fingerprint density at radius 1 is 1.05 bits per heavy atom. The topological polar surface area (TPSA) is 47.1 Å². The van der Waals surface area contributed by atoms with E-state index < -0.39 is 0 Å². The van der Waals surface area contributed by atoms with Crippen LogP contribution in [0, 0.1) is 0 Å². The lowest BCUT2D eigenvalue weighted by Gasteiger charge is -2.13. The van der Waals surface area contributed by atoms with Crippen LogP contribution < -0.4 is 5.73 Å². The fourth-order valence-corrected chi connectivity index (χ4v) is 2.50. The maximum atomic E-state index is 6.09. The Bertz CT molecular complexity index is 744. The van der Waals surface area contributed by atoms with Crippen molar-refractivity contribution in [3.05, 3.63) is 48.5 Å². The molecule has 4 heteroatoms. The van der Waals surface area contributed by atoms with E-state index in [-0.39, 0.29) is 0 Å². The number of benzene rings is 2. The number of aromatic nitrogens is 2. The first-order valence-corrected chi connectivity index (χ1v) is 7.11. The Kier molecular flexibility index (Phi) is 3.62. The number of nitrogen functional groups attached to an aromatic ring is 1. The number of hydrogen-bond donors (Lipinski definition) is 1. The largest absolute Gasteiger partial charge is 0.397 e. The average Bonchev–Trinajstić information content (AvgIpc) is 2.86. The first-order chi connectivity index (χ1) is 10.2. The van der Waals surface area contributed by atoms with Crippen LogP contribution in [0.4, 0.5) is 5.69 Å². The quantitative estimate of drug-likeness (QED) is 0.748. The van der Waals surface area contributed by atoms with Gasteiger partial charge in [-0.25, -0.2) is 4.98 Å². The third-order valence-corrected chi connectivity index (χ3v) is 3.61. The van der Waals surface area contributed by atoms with Crippen LogP contribution in [0.3, 0.4) is 0 Å². The van der Waals surface area contributed by atoms with Crippen LogP contribution in [0.1, 0.15) is 0 Å². The number of likely N-dealkylation sites (N-methyl/N-ethyl adjacent to an activating group) is 1. The van der Waals surface area contributed by atoms with E-state index in [1.807, 2.05) is 30.3 Å². The van der Waals surface area contributed by atoms with Gasteiger partial charge in [-0.2, -0.15) is 0 Å². The molecule has 0 atom stereocenters. The van der Waals surface area contributed by atoms with Crippen molar-refractivity contribution < 1.29 is 0 Å². The summed E-state index contributed by atoms with van der Waals surface area (Å²) < 4.78 is 2.25. The van der Waals surface area contributed by atoms with Gasteiger partial charge in [-0.05, 0) is 26.2 Å². The number of rotatable bonds is 4. The predicted octanol–water partition coefficient (Wildman–Crippen LogP) is 2.85. The molecule has 0 spiro atoms. The molecule has 3 aromatic rings. The standard InChI is InChI=1S/C17H20N4/c1-20(2)11-12-21-15-10-6-9-14(18)16(15)19-17(21)13-7-4-3-5-8-13/h3-10H,11-12,18H2,1-2H3. The van der Waals surface area contributed by atoms with Gasteiger partial charge in [0.05, 0.1) is 11.2 Å². The van der Waals surface area contributed by atoms with Crippen LogP contribution in [0.25, 0.3) is 22.4 Å². The summed E-state index contributed by atoms with van der Waals surface area (Å²) in [6.45, 7) is 1.84. The molecule has 1 heterocycles. The minimum atomic E-state index is 0.730. The molecule has 21 heavy (non-hydrogen) atoms. The zero-order valence-corrected chi connectivity index (χ0v) is 12.5. The van der Waals surface area contributed by atoms with Gasteiger partial charge in [0.1, 0.15) is 11.3 Å². The van der Waals surface area contributed by atoms with Gasteiger partial charge < -0.3 is 15.2 Å². The molecule has 0 saturated carbocycles. The van der Waals surface area contributed by atoms with E-state index in [2.05, 4.69) is 41.8 Å². The zero-order valence-electron chi connectivity index (χ0n) is 12.5. The third kappa shape index (κ3) is 2.62. The van der Waals surface area contributed by atoms with E-state index in [9.17, 15) is 0 Å². The summed E-state index contributed by atoms with van der Waals surface area (Å²) in [5.74, 6) is 0.977. The van der Waals surface area contributed by atoms with Gasteiger partial charge in [-0.3, -0.25) is 0 Å². The molecule has 0 fully saturated rings. The normalized spacial score (nSPS) is 11.4. The van der Waals surface area contributed by atoms with E-state index in [1.54, 1.807) is 0 Å². The molecule has 0 radical (unpaired) electrons. The Morgan fingerprint density at radius 3 is 2.52 bits per heavy atom. The van der Waals surface area contributed by atoms with Gasteiger partial charge in [-0.1, -0.05) is 36.4 Å². The van der Waals surface area contributed by atoms with Crippen LogP contribution in [-0.2, 0) is 6.54 Å². The molecule has 3 rings (SSSR count). The first-order valence-electron chi connectivity index (χ1n) is 7.11. The SMILES string of the molecule is CN(C)CCn1c(-c2ccccc2)nc2c(N)cccc21. The van der Waals surface area contributed by atoms with Crippen molar-refractivity contribution in [1.82, 2.24) is 14.5 Å². The number of hydrogen-bond acceptors (Lipinski definition) is 3. The van der Waals surface area contributed by atoms with Gasteiger partial charge in [0, 0.05) is 18.7 Å². The van der Waals surface area contributed by atoms with E-state index in [0.29, 0.717) is 0 Å². The molecule has 0 saturated heterocycles. The fourth-order valence-electron chi connectivity index (χ4n) is 2.50. The molecular weight excluding hydrogens is 260 g/mol. The molecule has 108 valence electrons. The minimum absolute atomic E-state index is 0.730. The number of fused-ring (bicyclic) bond motifs is 1. The number of anilines is 1. The minimum Gasteiger partial charge on any atom is -0.397 e. The maximum Gasteiger partial charge on any atom is 0.141 e. The Hall–Kier alpha value is -2.33. The Balaban J connectivity index is 2.18. The van der Waals surface area contributed by atoms with Crippen molar-refractivity contribution in [3.8, 4) is 11.4 Å². The summed E-state index contributed by atoms with van der Waals surface area (Å²) in [5, 5.41) is 0. The van der Waals surface area contributed by atoms with Gasteiger partial charge in [0.2, 0.25) is 0 Å². The predicted molar refractivity (Wildman–Crippen MR) is 88.1 cm³/mol. The molecule has 0 aliphatic rings. The Labute approximate surface area is 124 Å². The summed E-state index contributed by atoms with van der Waals surface area (Å²) in [7, 11) is 4.16. The monoisotopic (exact) mass is 280 g/mol. The maximum absolute atomic E-state index is 6.09. The van der Waals surface area contributed by atoms with Gasteiger partial charge in [0.25, 0.3) is 0 Å². The Morgan fingerprint density at radius 2 is 1.81 bits per heavy atom. The second-order valence-electron chi connectivity index (χ2n) is 5.47. The second-order valence-corrected chi connectivity index (χ2v) is 5.47. The smallest absolute Gasteiger partial charge is 0.141 e. The van der Waals surface area contributed by atoms with Crippen LogP contribution >= 0.6 is 0 Å².